The zero-order valence-corrected chi connectivity index (χ0v) is 15.9. The van der Waals surface area contributed by atoms with Crippen LogP contribution in [0, 0.1) is 10.1 Å². The fourth-order valence-electron chi connectivity index (χ4n) is 3.06. The first-order chi connectivity index (χ1) is 13.7. The monoisotopic (exact) mass is 397 g/mol. The second kappa shape index (κ2) is 7.80. The molecule has 1 aliphatic heterocycles. The molecule has 2 aromatic carbocycles. The van der Waals surface area contributed by atoms with E-state index in [0.29, 0.717) is 16.8 Å². The summed E-state index contributed by atoms with van der Waals surface area (Å²) in [5, 5.41) is 13.2. The molecule has 0 aliphatic carbocycles. The van der Waals surface area contributed by atoms with Crippen molar-refractivity contribution in [3.8, 4) is 0 Å². The van der Waals surface area contributed by atoms with Crippen molar-refractivity contribution in [2.24, 2.45) is 0 Å². The van der Waals surface area contributed by atoms with Gasteiger partial charge in [0.1, 0.15) is 6.61 Å². The molecular formula is C20H19N3O6. The number of imide groups is 1. The Bertz CT molecular complexity index is 949. The van der Waals surface area contributed by atoms with Gasteiger partial charge in [0.25, 0.3) is 17.5 Å². The largest absolute Gasteiger partial charge is 0.369 e. The number of nitro groups is 1. The Balaban J connectivity index is 1.55. The molecule has 0 saturated heterocycles. The van der Waals surface area contributed by atoms with Crippen molar-refractivity contribution in [1.29, 1.82) is 0 Å². The number of amides is 3. The van der Waals surface area contributed by atoms with Gasteiger partial charge in [0.05, 0.1) is 28.2 Å². The molecule has 0 unspecified atom stereocenters. The van der Waals surface area contributed by atoms with Crippen LogP contribution < -0.4 is 5.32 Å². The fourth-order valence-corrected chi connectivity index (χ4v) is 3.06. The van der Waals surface area contributed by atoms with Crippen LogP contribution in [0.3, 0.4) is 0 Å². The number of nitrogens with zero attached hydrogens (tertiary/aromatic N) is 2. The summed E-state index contributed by atoms with van der Waals surface area (Å²) >= 11 is 0. The molecule has 0 saturated carbocycles. The lowest BCUT2D eigenvalue weighted by Crippen LogP contribution is -2.50. The number of nitro benzene ring substituents is 1. The Kier molecular flexibility index (Phi) is 5.42. The molecule has 1 N–H and O–H groups in total. The Hall–Kier alpha value is -3.59. The summed E-state index contributed by atoms with van der Waals surface area (Å²) in [6, 6.07) is 12.0. The van der Waals surface area contributed by atoms with Gasteiger partial charge in [-0.1, -0.05) is 12.1 Å². The molecule has 0 atom stereocenters. The van der Waals surface area contributed by atoms with Crippen LogP contribution in [0.1, 0.15) is 34.6 Å². The van der Waals surface area contributed by atoms with E-state index in [-0.39, 0.29) is 18.9 Å². The molecule has 3 amide bonds. The highest BCUT2D eigenvalue weighted by Crippen LogP contribution is 2.29. The van der Waals surface area contributed by atoms with E-state index in [4.69, 9.17) is 4.74 Å². The number of ether oxygens (including phenoxy) is 1. The van der Waals surface area contributed by atoms with Crippen molar-refractivity contribution in [3.05, 3.63) is 69.8 Å². The second-order valence-corrected chi connectivity index (χ2v) is 7.15. The summed E-state index contributed by atoms with van der Waals surface area (Å²) in [5.74, 6) is -1.25. The van der Waals surface area contributed by atoms with E-state index in [9.17, 15) is 24.5 Å². The van der Waals surface area contributed by atoms with Crippen LogP contribution in [-0.4, -0.2) is 46.3 Å². The lowest BCUT2D eigenvalue weighted by atomic mass is 10.0. The Morgan fingerprint density at radius 3 is 2.14 bits per heavy atom. The minimum absolute atomic E-state index is 0.0356. The molecule has 0 fully saturated rings. The molecule has 0 bridgehead atoms. The van der Waals surface area contributed by atoms with Crippen LogP contribution in [0.2, 0.25) is 0 Å². The average Bonchev–Trinajstić information content (AvgIpc) is 2.93. The molecule has 0 radical (unpaired) electrons. The second-order valence-electron chi connectivity index (χ2n) is 7.15. The molecule has 0 spiro atoms. The lowest BCUT2D eigenvalue weighted by Gasteiger charge is -2.33. The normalized spacial score (nSPS) is 13.4. The summed E-state index contributed by atoms with van der Waals surface area (Å²) in [4.78, 5) is 48.5. The number of nitrogens with one attached hydrogen (secondary N) is 1. The number of hydrogen-bond donors (Lipinski definition) is 1. The fraction of sp³-hybridized carbons (Fsp3) is 0.250. The number of benzene rings is 2. The number of non-ortho nitro benzene ring substituents is 1. The first kappa shape index (κ1) is 20.2. The zero-order chi connectivity index (χ0) is 21.2. The molecule has 0 aromatic heterocycles. The maximum absolute atomic E-state index is 12.6. The standard InChI is InChI=1S/C20H19N3O6/c1-20(2,22-18(25)15-5-3-4-6-16(15)19(22)26)12-29-11-17(24)21-13-7-9-14(10-8-13)23(27)28/h3-10H,11-12H2,1-2H3,(H,21,24). The molecule has 150 valence electrons. The predicted molar refractivity (Wildman–Crippen MR) is 104 cm³/mol. The van der Waals surface area contributed by atoms with Gasteiger partial charge in [-0.05, 0) is 38.1 Å². The first-order valence-electron chi connectivity index (χ1n) is 8.81. The first-order valence-corrected chi connectivity index (χ1v) is 8.81. The Morgan fingerprint density at radius 2 is 1.62 bits per heavy atom. The van der Waals surface area contributed by atoms with Crippen LogP contribution in [0.5, 0.6) is 0 Å². The number of fused-ring (bicyclic) bond motifs is 1. The van der Waals surface area contributed by atoms with Crippen LogP contribution in [0.4, 0.5) is 11.4 Å². The highest BCUT2D eigenvalue weighted by atomic mass is 16.6. The highest BCUT2D eigenvalue weighted by molar-refractivity contribution is 6.21. The maximum Gasteiger partial charge on any atom is 0.269 e. The van der Waals surface area contributed by atoms with Gasteiger partial charge in [0.15, 0.2) is 0 Å². The van der Waals surface area contributed by atoms with Gasteiger partial charge in [-0.25, -0.2) is 0 Å². The number of hydrogen-bond acceptors (Lipinski definition) is 6. The van der Waals surface area contributed by atoms with Crippen molar-refractivity contribution in [2.45, 2.75) is 19.4 Å². The van der Waals surface area contributed by atoms with Crippen molar-refractivity contribution in [3.63, 3.8) is 0 Å². The van der Waals surface area contributed by atoms with Crippen molar-refractivity contribution in [2.75, 3.05) is 18.5 Å². The number of carbonyl (C=O) groups is 3. The van der Waals surface area contributed by atoms with Crippen LogP contribution >= 0.6 is 0 Å². The minimum atomic E-state index is -0.958. The van der Waals surface area contributed by atoms with Gasteiger partial charge in [-0.3, -0.25) is 29.4 Å². The predicted octanol–water partition coefficient (Wildman–Crippen LogP) is 2.62. The van der Waals surface area contributed by atoms with Gasteiger partial charge in [0.2, 0.25) is 5.91 Å². The SMILES string of the molecule is CC(C)(COCC(=O)Nc1ccc([N+](=O)[O-])cc1)N1C(=O)c2ccccc2C1=O. The average molecular weight is 397 g/mol. The molecule has 9 heteroatoms. The summed E-state index contributed by atoms with van der Waals surface area (Å²) in [6.45, 7) is 3.03. The molecule has 2 aromatic rings. The number of anilines is 1. The molecule has 9 nitrogen and oxygen atoms in total. The van der Waals surface area contributed by atoms with Gasteiger partial charge in [-0.2, -0.15) is 0 Å². The summed E-state index contributed by atoms with van der Waals surface area (Å²) in [7, 11) is 0. The maximum atomic E-state index is 12.6. The highest BCUT2D eigenvalue weighted by Gasteiger charge is 2.44. The van der Waals surface area contributed by atoms with E-state index in [2.05, 4.69) is 5.32 Å². The molecule has 29 heavy (non-hydrogen) atoms. The molecule has 1 aliphatic rings. The molecular weight excluding hydrogens is 378 g/mol. The van der Waals surface area contributed by atoms with Crippen LogP contribution in [0.15, 0.2) is 48.5 Å². The van der Waals surface area contributed by atoms with E-state index >= 15 is 0 Å². The topological polar surface area (TPSA) is 119 Å². The number of rotatable bonds is 7. The van der Waals surface area contributed by atoms with Gasteiger partial charge in [0, 0.05) is 17.8 Å². The van der Waals surface area contributed by atoms with Crippen molar-refractivity contribution >= 4 is 29.1 Å². The molecule has 3 rings (SSSR count). The Morgan fingerprint density at radius 1 is 1.07 bits per heavy atom. The van der Waals surface area contributed by atoms with E-state index in [1.165, 1.54) is 24.3 Å². The van der Waals surface area contributed by atoms with Gasteiger partial charge < -0.3 is 10.1 Å². The Labute approximate surface area is 166 Å². The summed E-state index contributed by atoms with van der Waals surface area (Å²) in [5.41, 5.74) is 0.0506. The van der Waals surface area contributed by atoms with E-state index in [1.54, 1.807) is 38.1 Å². The third-order valence-corrected chi connectivity index (χ3v) is 4.45. The van der Waals surface area contributed by atoms with E-state index in [0.717, 1.165) is 4.90 Å². The summed E-state index contributed by atoms with van der Waals surface area (Å²) < 4.78 is 5.44. The zero-order valence-electron chi connectivity index (χ0n) is 15.9. The van der Waals surface area contributed by atoms with Crippen molar-refractivity contribution < 1.29 is 24.0 Å². The number of carbonyl (C=O) groups excluding carboxylic acids is 3. The smallest absolute Gasteiger partial charge is 0.269 e. The third-order valence-electron chi connectivity index (χ3n) is 4.45. The molecule has 1 heterocycles. The summed E-state index contributed by atoms with van der Waals surface area (Å²) in [6.07, 6.45) is 0. The van der Waals surface area contributed by atoms with Gasteiger partial charge in [-0.15, -0.1) is 0 Å². The van der Waals surface area contributed by atoms with Crippen molar-refractivity contribution in [1.82, 2.24) is 4.90 Å². The van der Waals surface area contributed by atoms with Crippen LogP contribution in [0.25, 0.3) is 0 Å². The van der Waals surface area contributed by atoms with E-state index in [1.807, 2.05) is 0 Å². The van der Waals surface area contributed by atoms with Gasteiger partial charge >= 0.3 is 0 Å². The van der Waals surface area contributed by atoms with Crippen LogP contribution in [-0.2, 0) is 9.53 Å². The quantitative estimate of drug-likeness (QED) is 0.436. The van der Waals surface area contributed by atoms with E-state index < -0.39 is 28.2 Å². The lowest BCUT2D eigenvalue weighted by molar-refractivity contribution is -0.384. The third kappa shape index (κ3) is 4.14. The minimum Gasteiger partial charge on any atom is -0.369 e.